The zero-order valence-electron chi connectivity index (χ0n) is 11.8. The van der Waals surface area contributed by atoms with Crippen LogP contribution in [0.3, 0.4) is 0 Å². The van der Waals surface area contributed by atoms with Gasteiger partial charge in [-0.1, -0.05) is 24.6 Å². The number of nitrogens with zero attached hydrogens (tertiary/aromatic N) is 1. The number of rotatable bonds is 5. The molecule has 0 saturated heterocycles. The minimum atomic E-state index is 0.166. The van der Waals surface area contributed by atoms with E-state index in [1.165, 1.54) is 0 Å². The van der Waals surface area contributed by atoms with Crippen LogP contribution in [0.1, 0.15) is 24.6 Å². The van der Waals surface area contributed by atoms with Gasteiger partial charge in [-0.05, 0) is 49.6 Å². The molecule has 0 amide bonds. The van der Waals surface area contributed by atoms with E-state index >= 15 is 0 Å². The van der Waals surface area contributed by atoms with Gasteiger partial charge in [-0.15, -0.1) is 0 Å². The number of hydrogen-bond acceptors (Lipinski definition) is 3. The van der Waals surface area contributed by atoms with Crippen LogP contribution in [0.4, 0.5) is 0 Å². The topological polar surface area (TPSA) is 48.1 Å². The number of aromatic nitrogens is 1. The van der Waals surface area contributed by atoms with Crippen molar-refractivity contribution in [1.82, 2.24) is 4.98 Å². The third-order valence-electron chi connectivity index (χ3n) is 3.13. The van der Waals surface area contributed by atoms with Crippen LogP contribution in [-0.4, -0.2) is 11.0 Å². The molecule has 1 unspecified atom stereocenters. The van der Waals surface area contributed by atoms with Gasteiger partial charge in [0.05, 0.1) is 11.2 Å². The molecule has 1 heterocycles. The van der Waals surface area contributed by atoms with Crippen LogP contribution in [0.2, 0.25) is 5.02 Å². The number of aryl methyl sites for hydroxylation is 1. The highest BCUT2D eigenvalue weighted by molar-refractivity contribution is 6.32. The van der Waals surface area contributed by atoms with Gasteiger partial charge in [-0.25, -0.2) is 0 Å². The number of hydrogen-bond donors (Lipinski definition) is 1. The van der Waals surface area contributed by atoms with Crippen LogP contribution in [0.15, 0.2) is 36.5 Å². The summed E-state index contributed by atoms with van der Waals surface area (Å²) in [6.45, 7) is 4.01. The number of nitrogens with two attached hydrogens (primary N) is 1. The number of halogens is 1. The molecule has 0 aliphatic rings. The molecule has 2 rings (SSSR count). The standard InChI is InChI=1S/C16H19ClN2O/c1-3-13(18)8-12-5-7-16(15(17)9-12)20-14-6-4-11(2)19-10-14/h4-7,9-10,13H,3,8,18H2,1-2H3. The maximum absolute atomic E-state index is 6.25. The molecule has 1 aromatic carbocycles. The summed E-state index contributed by atoms with van der Waals surface area (Å²) in [5.74, 6) is 1.31. The molecule has 0 aliphatic carbocycles. The van der Waals surface area contributed by atoms with E-state index in [1.54, 1.807) is 6.20 Å². The highest BCUT2D eigenvalue weighted by Crippen LogP contribution is 2.30. The SMILES string of the molecule is CCC(N)Cc1ccc(Oc2ccc(C)nc2)c(Cl)c1. The second kappa shape index (κ2) is 6.73. The molecule has 106 valence electrons. The smallest absolute Gasteiger partial charge is 0.146 e. The fraction of sp³-hybridized carbons (Fsp3) is 0.312. The molecule has 2 aromatic rings. The van der Waals surface area contributed by atoms with Gasteiger partial charge in [0.15, 0.2) is 0 Å². The van der Waals surface area contributed by atoms with E-state index in [-0.39, 0.29) is 6.04 Å². The normalized spacial score (nSPS) is 12.2. The minimum absolute atomic E-state index is 0.166. The third-order valence-corrected chi connectivity index (χ3v) is 3.43. The van der Waals surface area contributed by atoms with Gasteiger partial charge in [0, 0.05) is 11.7 Å². The Hall–Kier alpha value is -1.58. The lowest BCUT2D eigenvalue weighted by Gasteiger charge is -2.11. The predicted molar refractivity (Wildman–Crippen MR) is 82.5 cm³/mol. The average molecular weight is 291 g/mol. The van der Waals surface area contributed by atoms with E-state index in [9.17, 15) is 0 Å². The summed E-state index contributed by atoms with van der Waals surface area (Å²) in [4.78, 5) is 4.19. The number of pyridine rings is 1. The molecule has 1 atom stereocenters. The monoisotopic (exact) mass is 290 g/mol. The molecule has 0 saturated carbocycles. The molecule has 3 nitrogen and oxygen atoms in total. The zero-order valence-corrected chi connectivity index (χ0v) is 12.5. The summed E-state index contributed by atoms with van der Waals surface area (Å²) in [6, 6.07) is 9.73. The first-order chi connectivity index (χ1) is 9.58. The van der Waals surface area contributed by atoms with Crippen LogP contribution >= 0.6 is 11.6 Å². The molecule has 1 aromatic heterocycles. The minimum Gasteiger partial charge on any atom is -0.454 e. The fourth-order valence-corrected chi connectivity index (χ4v) is 2.08. The molecule has 20 heavy (non-hydrogen) atoms. The molecule has 0 bridgehead atoms. The van der Waals surface area contributed by atoms with Gasteiger partial charge >= 0.3 is 0 Å². The van der Waals surface area contributed by atoms with Crippen LogP contribution < -0.4 is 10.5 Å². The van der Waals surface area contributed by atoms with Crippen molar-refractivity contribution >= 4 is 11.6 Å². The van der Waals surface area contributed by atoms with Crippen LogP contribution in [0.25, 0.3) is 0 Å². The number of benzene rings is 1. The average Bonchev–Trinajstić information content (AvgIpc) is 2.44. The van der Waals surface area contributed by atoms with Gasteiger partial charge in [0.1, 0.15) is 11.5 Å². The molecular weight excluding hydrogens is 272 g/mol. The van der Waals surface area contributed by atoms with Crippen molar-refractivity contribution in [3.63, 3.8) is 0 Å². The Morgan fingerprint density at radius 1 is 1.30 bits per heavy atom. The van der Waals surface area contributed by atoms with E-state index < -0.39 is 0 Å². The maximum atomic E-state index is 6.25. The van der Waals surface area contributed by atoms with Crippen molar-refractivity contribution in [2.75, 3.05) is 0 Å². The van der Waals surface area contributed by atoms with Crippen molar-refractivity contribution in [1.29, 1.82) is 0 Å². The lowest BCUT2D eigenvalue weighted by Crippen LogP contribution is -2.21. The maximum Gasteiger partial charge on any atom is 0.146 e. The Morgan fingerprint density at radius 3 is 2.70 bits per heavy atom. The second-order valence-corrected chi connectivity index (χ2v) is 5.28. The number of ether oxygens (including phenoxy) is 1. The first-order valence-electron chi connectivity index (χ1n) is 6.73. The van der Waals surface area contributed by atoms with Crippen molar-refractivity contribution in [3.8, 4) is 11.5 Å². The van der Waals surface area contributed by atoms with Crippen molar-refractivity contribution in [2.45, 2.75) is 32.7 Å². The highest BCUT2D eigenvalue weighted by Gasteiger charge is 2.07. The highest BCUT2D eigenvalue weighted by atomic mass is 35.5. The van der Waals surface area contributed by atoms with Crippen LogP contribution in [-0.2, 0) is 6.42 Å². The van der Waals surface area contributed by atoms with E-state index in [2.05, 4.69) is 11.9 Å². The van der Waals surface area contributed by atoms with Gasteiger partial charge in [0.2, 0.25) is 0 Å². The molecule has 0 spiro atoms. The molecule has 0 radical (unpaired) electrons. The lowest BCUT2D eigenvalue weighted by atomic mass is 10.0. The van der Waals surface area contributed by atoms with Gasteiger partial charge in [0.25, 0.3) is 0 Å². The van der Waals surface area contributed by atoms with Gasteiger partial charge in [-0.2, -0.15) is 0 Å². The van der Waals surface area contributed by atoms with Gasteiger partial charge < -0.3 is 10.5 Å². The Balaban J connectivity index is 2.11. The lowest BCUT2D eigenvalue weighted by molar-refractivity contribution is 0.480. The Morgan fingerprint density at radius 2 is 2.10 bits per heavy atom. The molecule has 4 heteroatoms. The molecule has 2 N–H and O–H groups in total. The summed E-state index contributed by atoms with van der Waals surface area (Å²) >= 11 is 6.25. The Kier molecular flexibility index (Phi) is 4.99. The van der Waals surface area contributed by atoms with Crippen molar-refractivity contribution in [2.24, 2.45) is 5.73 Å². The Bertz CT molecular complexity index is 569. The first-order valence-corrected chi connectivity index (χ1v) is 7.10. The van der Waals surface area contributed by atoms with Crippen molar-refractivity contribution < 1.29 is 4.74 Å². The van der Waals surface area contributed by atoms with E-state index in [1.807, 2.05) is 37.3 Å². The summed E-state index contributed by atoms with van der Waals surface area (Å²) < 4.78 is 5.72. The molecular formula is C16H19ClN2O. The Labute approximate surface area is 124 Å². The van der Waals surface area contributed by atoms with Gasteiger partial charge in [-0.3, -0.25) is 4.98 Å². The van der Waals surface area contributed by atoms with Crippen molar-refractivity contribution in [3.05, 3.63) is 52.8 Å². The largest absolute Gasteiger partial charge is 0.454 e. The summed E-state index contributed by atoms with van der Waals surface area (Å²) in [5.41, 5.74) is 8.02. The summed E-state index contributed by atoms with van der Waals surface area (Å²) in [7, 11) is 0. The van der Waals surface area contributed by atoms with E-state index in [4.69, 9.17) is 22.1 Å². The van der Waals surface area contributed by atoms with E-state index in [0.29, 0.717) is 16.5 Å². The van der Waals surface area contributed by atoms with Crippen LogP contribution in [0, 0.1) is 6.92 Å². The van der Waals surface area contributed by atoms with Crippen LogP contribution in [0.5, 0.6) is 11.5 Å². The quantitative estimate of drug-likeness (QED) is 0.901. The first kappa shape index (κ1) is 14.8. The predicted octanol–water partition coefficient (Wildman–Crippen LogP) is 4.12. The molecule has 0 aliphatic heterocycles. The molecule has 0 fully saturated rings. The second-order valence-electron chi connectivity index (χ2n) is 4.87. The summed E-state index contributed by atoms with van der Waals surface area (Å²) in [6.07, 6.45) is 3.46. The zero-order chi connectivity index (χ0) is 14.5. The summed E-state index contributed by atoms with van der Waals surface area (Å²) in [5, 5.41) is 0.589. The van der Waals surface area contributed by atoms with E-state index in [0.717, 1.165) is 24.1 Å². The fourth-order valence-electron chi connectivity index (χ4n) is 1.84. The third kappa shape index (κ3) is 3.95.